The van der Waals surface area contributed by atoms with E-state index in [-0.39, 0.29) is 24.9 Å². The van der Waals surface area contributed by atoms with E-state index in [2.05, 4.69) is 15.6 Å². The van der Waals surface area contributed by atoms with Crippen LogP contribution in [0.15, 0.2) is 18.5 Å². The fourth-order valence-electron chi connectivity index (χ4n) is 1.04. The molecule has 2 amide bonds. The number of nitrogens with two attached hydrogens (primary N) is 1. The third-order valence-corrected chi connectivity index (χ3v) is 1.94. The molecule has 1 aromatic rings. The first-order chi connectivity index (χ1) is 7.63. The third kappa shape index (κ3) is 3.66. The second-order valence-corrected chi connectivity index (χ2v) is 3.22. The van der Waals surface area contributed by atoms with Gasteiger partial charge in [-0.15, -0.1) is 0 Å². The van der Waals surface area contributed by atoms with Crippen molar-refractivity contribution in [2.45, 2.75) is 6.92 Å². The van der Waals surface area contributed by atoms with Crippen LogP contribution >= 0.6 is 0 Å². The van der Waals surface area contributed by atoms with Crippen LogP contribution in [0.2, 0.25) is 0 Å². The van der Waals surface area contributed by atoms with Gasteiger partial charge in [-0.2, -0.15) is 0 Å². The van der Waals surface area contributed by atoms with Crippen molar-refractivity contribution in [3.8, 4) is 0 Å². The first-order valence-electron chi connectivity index (χ1n) is 4.80. The molecule has 6 nitrogen and oxygen atoms in total. The molecule has 0 spiro atoms. The minimum atomic E-state index is -0.363. The van der Waals surface area contributed by atoms with Crippen molar-refractivity contribution in [1.82, 2.24) is 10.3 Å². The number of amides is 2. The summed E-state index contributed by atoms with van der Waals surface area (Å²) in [4.78, 5) is 26.1. The van der Waals surface area contributed by atoms with E-state index in [1.165, 1.54) is 0 Å². The van der Waals surface area contributed by atoms with Crippen LogP contribution in [0, 0.1) is 6.92 Å². The molecule has 0 saturated heterocycles. The lowest BCUT2D eigenvalue weighted by molar-refractivity contribution is -0.123. The van der Waals surface area contributed by atoms with Gasteiger partial charge in [0.2, 0.25) is 11.8 Å². The molecule has 0 aliphatic heterocycles. The van der Waals surface area contributed by atoms with Gasteiger partial charge in [-0.25, -0.2) is 0 Å². The molecule has 4 N–H and O–H groups in total. The number of hydrogen-bond donors (Lipinski definition) is 3. The van der Waals surface area contributed by atoms with Crippen LogP contribution in [0.25, 0.3) is 0 Å². The number of carbonyl (C=O) groups excluding carboxylic acids is 2. The van der Waals surface area contributed by atoms with Crippen molar-refractivity contribution in [1.29, 1.82) is 0 Å². The van der Waals surface area contributed by atoms with Crippen molar-refractivity contribution < 1.29 is 9.59 Å². The highest BCUT2D eigenvalue weighted by atomic mass is 16.2. The number of anilines is 1. The van der Waals surface area contributed by atoms with Crippen molar-refractivity contribution in [3.63, 3.8) is 0 Å². The molecular weight excluding hydrogens is 208 g/mol. The number of pyridine rings is 1. The molecule has 0 fully saturated rings. The molecule has 0 aliphatic rings. The van der Waals surface area contributed by atoms with Gasteiger partial charge in [-0.3, -0.25) is 14.6 Å². The van der Waals surface area contributed by atoms with E-state index in [4.69, 9.17) is 5.73 Å². The number of aromatic nitrogens is 1. The lowest BCUT2D eigenvalue weighted by Gasteiger charge is -2.07. The molecule has 0 unspecified atom stereocenters. The summed E-state index contributed by atoms with van der Waals surface area (Å²) in [5.41, 5.74) is 6.63. The number of carbonyl (C=O) groups is 2. The SMILES string of the molecule is Cc1ccncc1NC(=O)CNC(=O)CN. The van der Waals surface area contributed by atoms with Crippen molar-refractivity contribution in [2.75, 3.05) is 18.4 Å². The molecule has 1 rings (SSSR count). The highest BCUT2D eigenvalue weighted by Gasteiger charge is 2.05. The van der Waals surface area contributed by atoms with Crippen LogP contribution in [0.4, 0.5) is 5.69 Å². The van der Waals surface area contributed by atoms with Gasteiger partial charge in [0.15, 0.2) is 0 Å². The Morgan fingerprint density at radius 2 is 2.19 bits per heavy atom. The monoisotopic (exact) mass is 222 g/mol. The van der Waals surface area contributed by atoms with E-state index in [9.17, 15) is 9.59 Å². The predicted octanol–water partition coefficient (Wildman–Crippen LogP) is -0.597. The lowest BCUT2D eigenvalue weighted by atomic mass is 10.2. The summed E-state index contributed by atoms with van der Waals surface area (Å²) in [6.45, 7) is 1.64. The smallest absolute Gasteiger partial charge is 0.243 e. The Hall–Kier alpha value is -1.95. The molecule has 0 aromatic carbocycles. The summed E-state index contributed by atoms with van der Waals surface area (Å²) in [6.07, 6.45) is 3.19. The van der Waals surface area contributed by atoms with Crippen LogP contribution in [-0.4, -0.2) is 29.9 Å². The molecule has 0 bridgehead atoms. The zero-order valence-electron chi connectivity index (χ0n) is 8.99. The van der Waals surface area contributed by atoms with Gasteiger partial charge >= 0.3 is 0 Å². The largest absolute Gasteiger partial charge is 0.346 e. The maximum Gasteiger partial charge on any atom is 0.243 e. The van der Waals surface area contributed by atoms with Gasteiger partial charge in [0.1, 0.15) is 0 Å². The summed E-state index contributed by atoms with van der Waals surface area (Å²) in [7, 11) is 0. The minimum absolute atomic E-state index is 0.0929. The number of nitrogens with one attached hydrogen (secondary N) is 2. The normalized spacial score (nSPS) is 9.62. The minimum Gasteiger partial charge on any atom is -0.346 e. The molecular formula is C10H14N4O2. The highest BCUT2D eigenvalue weighted by Crippen LogP contribution is 2.10. The second-order valence-electron chi connectivity index (χ2n) is 3.22. The van der Waals surface area contributed by atoms with E-state index < -0.39 is 0 Å². The molecule has 1 heterocycles. The number of nitrogens with zero attached hydrogens (tertiary/aromatic N) is 1. The topological polar surface area (TPSA) is 97.1 Å². The van der Waals surface area contributed by atoms with Crippen LogP contribution in [0.3, 0.4) is 0 Å². The van der Waals surface area contributed by atoms with Gasteiger partial charge in [0.05, 0.1) is 25.0 Å². The Kier molecular flexibility index (Phi) is 4.41. The predicted molar refractivity (Wildman–Crippen MR) is 59.7 cm³/mol. The Morgan fingerprint density at radius 3 is 2.81 bits per heavy atom. The summed E-state index contributed by atoms with van der Waals surface area (Å²) in [6, 6.07) is 1.79. The number of hydrogen-bond acceptors (Lipinski definition) is 4. The average Bonchev–Trinajstić information content (AvgIpc) is 2.29. The Labute approximate surface area is 93.2 Å². The molecule has 1 aromatic heterocycles. The van der Waals surface area contributed by atoms with Crippen molar-refractivity contribution >= 4 is 17.5 Å². The molecule has 0 radical (unpaired) electrons. The zero-order valence-corrected chi connectivity index (χ0v) is 8.99. The highest BCUT2D eigenvalue weighted by molar-refractivity contribution is 5.95. The molecule has 6 heteroatoms. The zero-order chi connectivity index (χ0) is 12.0. The van der Waals surface area contributed by atoms with Gasteiger partial charge < -0.3 is 16.4 Å². The average molecular weight is 222 g/mol. The van der Waals surface area contributed by atoms with Gasteiger partial charge in [-0.05, 0) is 18.6 Å². The van der Waals surface area contributed by atoms with Crippen molar-refractivity contribution in [2.24, 2.45) is 5.73 Å². The van der Waals surface area contributed by atoms with Crippen molar-refractivity contribution in [3.05, 3.63) is 24.0 Å². The maximum absolute atomic E-state index is 11.4. The van der Waals surface area contributed by atoms with E-state index in [0.717, 1.165) is 5.56 Å². The third-order valence-electron chi connectivity index (χ3n) is 1.94. The fourth-order valence-corrected chi connectivity index (χ4v) is 1.04. The molecule has 86 valence electrons. The summed E-state index contributed by atoms with van der Waals surface area (Å²) in [5.74, 6) is -0.670. The molecule has 16 heavy (non-hydrogen) atoms. The first-order valence-corrected chi connectivity index (χ1v) is 4.80. The summed E-state index contributed by atoms with van der Waals surface area (Å²) in [5, 5.41) is 5.01. The van der Waals surface area contributed by atoms with E-state index in [1.54, 1.807) is 18.5 Å². The standard InChI is InChI=1S/C10H14N4O2/c1-7-2-3-12-5-8(7)14-10(16)6-13-9(15)4-11/h2-3,5H,4,6,11H2,1H3,(H,13,15)(H,14,16). The number of rotatable bonds is 4. The van der Waals surface area contributed by atoms with E-state index >= 15 is 0 Å². The Balaban J connectivity index is 2.46. The quantitative estimate of drug-likeness (QED) is 0.634. The molecule has 0 saturated carbocycles. The first kappa shape index (κ1) is 12.1. The van der Waals surface area contributed by atoms with E-state index in [1.807, 2.05) is 6.92 Å². The lowest BCUT2D eigenvalue weighted by Crippen LogP contribution is -2.36. The van der Waals surface area contributed by atoms with E-state index in [0.29, 0.717) is 5.69 Å². The molecule has 0 aliphatic carbocycles. The van der Waals surface area contributed by atoms with Crippen LogP contribution in [-0.2, 0) is 9.59 Å². The summed E-state index contributed by atoms with van der Waals surface area (Å²) >= 11 is 0. The second kappa shape index (κ2) is 5.82. The number of aryl methyl sites for hydroxylation is 1. The van der Waals surface area contributed by atoms with Crippen LogP contribution < -0.4 is 16.4 Å². The van der Waals surface area contributed by atoms with Crippen LogP contribution in [0.5, 0.6) is 0 Å². The Bertz CT molecular complexity index is 392. The van der Waals surface area contributed by atoms with Gasteiger partial charge in [-0.1, -0.05) is 0 Å². The van der Waals surface area contributed by atoms with Gasteiger partial charge in [0.25, 0.3) is 0 Å². The summed E-state index contributed by atoms with van der Waals surface area (Å²) < 4.78 is 0. The maximum atomic E-state index is 11.4. The van der Waals surface area contributed by atoms with Crippen LogP contribution in [0.1, 0.15) is 5.56 Å². The Morgan fingerprint density at radius 1 is 1.44 bits per heavy atom. The fraction of sp³-hybridized carbons (Fsp3) is 0.300. The van der Waals surface area contributed by atoms with Gasteiger partial charge in [0, 0.05) is 6.20 Å². The molecule has 0 atom stereocenters.